The van der Waals surface area contributed by atoms with Gasteiger partial charge in [0.1, 0.15) is 11.5 Å². The van der Waals surface area contributed by atoms with E-state index < -0.39 is 0 Å². The minimum absolute atomic E-state index is 0.877. The van der Waals surface area contributed by atoms with E-state index in [1.807, 2.05) is 18.2 Å². The minimum atomic E-state index is 0.877. The quantitative estimate of drug-likeness (QED) is 0.770. The fraction of sp³-hybridized carbons (Fsp3) is 0.214. The number of allylic oxidation sites excluding steroid dienone is 3. The van der Waals surface area contributed by atoms with E-state index in [1.54, 1.807) is 14.2 Å². The van der Waals surface area contributed by atoms with Gasteiger partial charge in [-0.2, -0.15) is 0 Å². The maximum atomic E-state index is 5.23. The van der Waals surface area contributed by atoms with Crippen LogP contribution in [0, 0.1) is 6.42 Å². The molecular formula is C14H15O2. The fourth-order valence-corrected chi connectivity index (χ4v) is 1.70. The lowest BCUT2D eigenvalue weighted by atomic mass is 9.97. The lowest BCUT2D eigenvalue weighted by molar-refractivity contribution is 0.305. The van der Waals surface area contributed by atoms with Crippen molar-refractivity contribution in [2.75, 3.05) is 14.2 Å². The van der Waals surface area contributed by atoms with Crippen molar-refractivity contribution in [3.63, 3.8) is 0 Å². The van der Waals surface area contributed by atoms with Crippen LogP contribution in [0.25, 0.3) is 5.57 Å². The molecule has 0 spiro atoms. The Morgan fingerprint density at radius 1 is 1.00 bits per heavy atom. The summed E-state index contributed by atoms with van der Waals surface area (Å²) in [6.45, 7) is 0. The van der Waals surface area contributed by atoms with Crippen LogP contribution in [-0.2, 0) is 4.74 Å². The number of methoxy groups -OCH3 is 2. The van der Waals surface area contributed by atoms with Gasteiger partial charge in [0.25, 0.3) is 0 Å². The van der Waals surface area contributed by atoms with Gasteiger partial charge in [0.05, 0.1) is 14.2 Å². The van der Waals surface area contributed by atoms with E-state index in [0.29, 0.717) is 0 Å². The van der Waals surface area contributed by atoms with Gasteiger partial charge in [0.2, 0.25) is 0 Å². The van der Waals surface area contributed by atoms with E-state index in [-0.39, 0.29) is 0 Å². The Hall–Kier alpha value is -1.70. The Morgan fingerprint density at radius 3 is 2.38 bits per heavy atom. The zero-order chi connectivity index (χ0) is 11.4. The predicted octanol–water partition coefficient (Wildman–Crippen LogP) is 3.22. The molecule has 0 aliphatic heterocycles. The van der Waals surface area contributed by atoms with Crippen molar-refractivity contribution in [2.45, 2.75) is 6.42 Å². The van der Waals surface area contributed by atoms with Gasteiger partial charge in [0.15, 0.2) is 0 Å². The monoisotopic (exact) mass is 215 g/mol. The first kappa shape index (κ1) is 10.8. The van der Waals surface area contributed by atoms with E-state index in [0.717, 1.165) is 17.9 Å². The Morgan fingerprint density at radius 2 is 1.75 bits per heavy atom. The van der Waals surface area contributed by atoms with Crippen molar-refractivity contribution in [3.8, 4) is 5.75 Å². The molecule has 0 amide bonds. The second-order valence-electron chi connectivity index (χ2n) is 3.58. The maximum absolute atomic E-state index is 5.23. The average molecular weight is 215 g/mol. The van der Waals surface area contributed by atoms with E-state index >= 15 is 0 Å². The van der Waals surface area contributed by atoms with E-state index in [2.05, 4.69) is 24.6 Å². The number of ether oxygens (including phenoxy) is 2. The molecule has 2 heteroatoms. The Labute approximate surface area is 96.2 Å². The molecule has 0 atom stereocenters. The van der Waals surface area contributed by atoms with Crippen LogP contribution in [0.1, 0.15) is 12.0 Å². The van der Waals surface area contributed by atoms with Gasteiger partial charge < -0.3 is 9.47 Å². The van der Waals surface area contributed by atoms with Gasteiger partial charge in [0, 0.05) is 0 Å². The van der Waals surface area contributed by atoms with Crippen molar-refractivity contribution in [3.05, 3.63) is 54.2 Å². The molecule has 2 rings (SSSR count). The summed E-state index contributed by atoms with van der Waals surface area (Å²) in [6.07, 6.45) is 7.21. The average Bonchev–Trinajstić information content (AvgIpc) is 2.39. The van der Waals surface area contributed by atoms with Crippen LogP contribution in [0.15, 0.2) is 42.2 Å². The normalized spacial score (nSPS) is 15.1. The first-order valence-electron chi connectivity index (χ1n) is 5.27. The standard InChI is InChI=1S/C14H15O2/c1-15-13-8-6-11(7-9-13)12-4-3-5-14(10-12)16-2/h4-10H,3H2,1-2H3. The number of hydrogen-bond donors (Lipinski definition) is 0. The molecule has 1 radical (unpaired) electrons. The fourth-order valence-electron chi connectivity index (χ4n) is 1.70. The van der Waals surface area contributed by atoms with Crippen LogP contribution < -0.4 is 4.74 Å². The Bertz CT molecular complexity index is 413. The third kappa shape index (κ3) is 2.27. The van der Waals surface area contributed by atoms with Gasteiger partial charge in [-0.1, -0.05) is 12.1 Å². The highest BCUT2D eigenvalue weighted by Gasteiger charge is 2.08. The molecule has 16 heavy (non-hydrogen) atoms. The predicted molar refractivity (Wildman–Crippen MR) is 65.0 cm³/mol. The summed E-state index contributed by atoms with van der Waals surface area (Å²) in [7, 11) is 3.37. The summed E-state index contributed by atoms with van der Waals surface area (Å²) < 4.78 is 10.4. The highest BCUT2D eigenvalue weighted by atomic mass is 16.5. The number of hydrogen-bond acceptors (Lipinski definition) is 2. The van der Waals surface area contributed by atoms with Crippen LogP contribution >= 0.6 is 0 Å². The maximum Gasteiger partial charge on any atom is 0.118 e. The van der Waals surface area contributed by atoms with Crippen molar-refractivity contribution >= 4 is 5.57 Å². The lowest BCUT2D eigenvalue weighted by Gasteiger charge is -2.13. The summed E-state index contributed by atoms with van der Waals surface area (Å²) in [4.78, 5) is 0. The van der Waals surface area contributed by atoms with E-state index in [4.69, 9.17) is 9.47 Å². The number of benzene rings is 1. The van der Waals surface area contributed by atoms with Crippen molar-refractivity contribution < 1.29 is 9.47 Å². The molecule has 0 fully saturated rings. The second kappa shape index (κ2) is 4.88. The zero-order valence-corrected chi connectivity index (χ0v) is 9.57. The van der Waals surface area contributed by atoms with Gasteiger partial charge in [-0.05, 0) is 48.3 Å². The minimum Gasteiger partial charge on any atom is -0.497 e. The second-order valence-corrected chi connectivity index (χ2v) is 3.58. The van der Waals surface area contributed by atoms with Crippen LogP contribution in [0.3, 0.4) is 0 Å². The number of rotatable bonds is 3. The van der Waals surface area contributed by atoms with Crippen LogP contribution in [0.4, 0.5) is 0 Å². The van der Waals surface area contributed by atoms with E-state index in [1.165, 1.54) is 11.1 Å². The molecule has 1 aliphatic carbocycles. The summed E-state index contributed by atoms with van der Waals surface area (Å²) in [6, 6.07) is 8.04. The summed E-state index contributed by atoms with van der Waals surface area (Å²) in [5.74, 6) is 1.80. The molecule has 83 valence electrons. The summed E-state index contributed by atoms with van der Waals surface area (Å²) in [5.41, 5.74) is 2.38. The first-order valence-corrected chi connectivity index (χ1v) is 5.27. The molecule has 1 aromatic rings. The SMILES string of the molecule is COC1=CC[CH]C(c2ccc(OC)cc2)=C1. The molecule has 0 heterocycles. The summed E-state index contributed by atoms with van der Waals surface area (Å²) in [5, 5.41) is 0. The molecule has 0 saturated heterocycles. The zero-order valence-electron chi connectivity index (χ0n) is 9.57. The molecular weight excluding hydrogens is 200 g/mol. The van der Waals surface area contributed by atoms with E-state index in [9.17, 15) is 0 Å². The molecule has 0 N–H and O–H groups in total. The molecule has 0 unspecified atom stereocenters. The van der Waals surface area contributed by atoms with Crippen LogP contribution in [-0.4, -0.2) is 14.2 Å². The largest absolute Gasteiger partial charge is 0.497 e. The van der Waals surface area contributed by atoms with Gasteiger partial charge in [-0.25, -0.2) is 0 Å². The Kier molecular flexibility index (Phi) is 3.30. The molecule has 1 aromatic carbocycles. The highest BCUT2D eigenvalue weighted by Crippen LogP contribution is 2.27. The smallest absolute Gasteiger partial charge is 0.118 e. The summed E-state index contributed by atoms with van der Waals surface area (Å²) >= 11 is 0. The molecule has 0 aromatic heterocycles. The third-order valence-corrected chi connectivity index (χ3v) is 2.61. The van der Waals surface area contributed by atoms with Crippen molar-refractivity contribution in [1.82, 2.24) is 0 Å². The van der Waals surface area contributed by atoms with Crippen molar-refractivity contribution in [2.24, 2.45) is 0 Å². The molecule has 0 saturated carbocycles. The highest BCUT2D eigenvalue weighted by molar-refractivity contribution is 5.75. The first-order chi connectivity index (χ1) is 7.83. The van der Waals surface area contributed by atoms with Crippen LogP contribution in [0.2, 0.25) is 0 Å². The third-order valence-electron chi connectivity index (χ3n) is 2.61. The lowest BCUT2D eigenvalue weighted by Crippen LogP contribution is -1.95. The van der Waals surface area contributed by atoms with Gasteiger partial charge in [-0.15, -0.1) is 0 Å². The van der Waals surface area contributed by atoms with Crippen molar-refractivity contribution in [1.29, 1.82) is 0 Å². The van der Waals surface area contributed by atoms with Gasteiger partial charge in [-0.3, -0.25) is 0 Å². The molecule has 2 nitrogen and oxygen atoms in total. The molecule has 0 bridgehead atoms. The van der Waals surface area contributed by atoms with Gasteiger partial charge >= 0.3 is 0 Å². The topological polar surface area (TPSA) is 18.5 Å². The Balaban J connectivity index is 2.23. The van der Waals surface area contributed by atoms with Crippen LogP contribution in [0.5, 0.6) is 5.75 Å². The molecule has 1 aliphatic rings.